The molecule has 2 heterocycles. The number of aliphatic hydroxyl groups is 1. The van der Waals surface area contributed by atoms with Gasteiger partial charge in [0, 0.05) is 25.2 Å². The molecule has 1 aromatic carbocycles. The molecule has 3 rings (SSSR count). The molecule has 4 nitrogen and oxygen atoms in total. The Morgan fingerprint density at radius 2 is 2.04 bits per heavy atom. The van der Waals surface area contributed by atoms with Crippen LogP contribution in [0.2, 0.25) is 0 Å². The number of hydrogen-bond acceptors (Lipinski definition) is 4. The fourth-order valence-electron chi connectivity index (χ4n) is 3.66. The van der Waals surface area contributed by atoms with E-state index in [0.29, 0.717) is 18.9 Å². The molecule has 2 saturated heterocycles. The molecular weight excluding hydrogens is 320 g/mol. The van der Waals surface area contributed by atoms with E-state index in [0.717, 1.165) is 37.4 Å². The first-order chi connectivity index (χ1) is 11.6. The van der Waals surface area contributed by atoms with Gasteiger partial charge in [-0.05, 0) is 49.7 Å². The van der Waals surface area contributed by atoms with Gasteiger partial charge in [0.1, 0.15) is 5.60 Å². The Balaban J connectivity index is 1.51. The highest BCUT2D eigenvalue weighted by Gasteiger charge is 2.39. The molecule has 0 spiro atoms. The molecule has 2 aliphatic rings. The fourth-order valence-corrected chi connectivity index (χ4v) is 4.83. The quantitative estimate of drug-likeness (QED) is 0.877. The number of carbonyl (C=O) groups excluding carboxylic acids is 1. The molecular formula is C19H28N2O2S. The Morgan fingerprint density at radius 1 is 1.33 bits per heavy atom. The van der Waals surface area contributed by atoms with Crippen molar-refractivity contribution >= 4 is 17.7 Å². The van der Waals surface area contributed by atoms with Crippen molar-refractivity contribution in [2.45, 2.75) is 56.8 Å². The first-order valence-electron chi connectivity index (χ1n) is 8.96. The standard InChI is InChI=1S/C19H28N2O2S/c1-15-13-17(20-18(22)19(23)8-11-24-12-9-19)7-10-21(15)14-16-5-3-2-4-6-16/h2-6,15,17,23H,7-14H2,1H3,(H,20,22). The number of carbonyl (C=O) groups is 1. The van der Waals surface area contributed by atoms with E-state index in [1.54, 1.807) is 0 Å². The van der Waals surface area contributed by atoms with Gasteiger partial charge in [-0.3, -0.25) is 9.69 Å². The maximum absolute atomic E-state index is 12.5. The first kappa shape index (κ1) is 17.8. The van der Waals surface area contributed by atoms with E-state index in [1.165, 1.54) is 5.56 Å². The van der Waals surface area contributed by atoms with Crippen LogP contribution in [0.4, 0.5) is 0 Å². The summed E-state index contributed by atoms with van der Waals surface area (Å²) in [5.74, 6) is 1.59. The summed E-state index contributed by atoms with van der Waals surface area (Å²) in [6.07, 6.45) is 3.05. The van der Waals surface area contributed by atoms with Crippen LogP contribution in [0.5, 0.6) is 0 Å². The van der Waals surface area contributed by atoms with Crippen molar-refractivity contribution in [2.24, 2.45) is 0 Å². The van der Waals surface area contributed by atoms with Gasteiger partial charge in [0.05, 0.1) is 0 Å². The second-order valence-corrected chi connectivity index (χ2v) is 8.37. The number of nitrogens with zero attached hydrogens (tertiary/aromatic N) is 1. The van der Waals surface area contributed by atoms with Gasteiger partial charge in [0.25, 0.3) is 5.91 Å². The van der Waals surface area contributed by atoms with E-state index < -0.39 is 5.60 Å². The van der Waals surface area contributed by atoms with Crippen LogP contribution in [0.3, 0.4) is 0 Å². The lowest BCUT2D eigenvalue weighted by molar-refractivity contribution is -0.141. The van der Waals surface area contributed by atoms with Crippen LogP contribution in [0, 0.1) is 0 Å². The minimum Gasteiger partial charge on any atom is -0.380 e. The zero-order valence-electron chi connectivity index (χ0n) is 14.4. The average molecular weight is 349 g/mol. The van der Waals surface area contributed by atoms with Crippen molar-refractivity contribution in [3.63, 3.8) is 0 Å². The lowest BCUT2D eigenvalue weighted by Crippen LogP contribution is -2.55. The van der Waals surface area contributed by atoms with Gasteiger partial charge in [-0.1, -0.05) is 30.3 Å². The van der Waals surface area contributed by atoms with E-state index in [2.05, 4.69) is 41.4 Å². The fraction of sp³-hybridized carbons (Fsp3) is 0.632. The van der Waals surface area contributed by atoms with E-state index in [1.807, 2.05) is 17.8 Å². The third kappa shape index (κ3) is 4.32. The Morgan fingerprint density at radius 3 is 2.71 bits per heavy atom. The smallest absolute Gasteiger partial charge is 0.252 e. The Bertz CT molecular complexity index is 546. The van der Waals surface area contributed by atoms with Gasteiger partial charge < -0.3 is 10.4 Å². The highest BCUT2D eigenvalue weighted by atomic mass is 32.2. The summed E-state index contributed by atoms with van der Waals surface area (Å²) in [5, 5.41) is 13.7. The lowest BCUT2D eigenvalue weighted by atomic mass is 9.93. The largest absolute Gasteiger partial charge is 0.380 e. The van der Waals surface area contributed by atoms with Crippen LogP contribution >= 0.6 is 11.8 Å². The maximum atomic E-state index is 12.5. The molecule has 2 unspecified atom stereocenters. The van der Waals surface area contributed by atoms with Crippen molar-refractivity contribution < 1.29 is 9.90 Å². The second kappa shape index (κ2) is 7.89. The van der Waals surface area contributed by atoms with Crippen LogP contribution in [-0.2, 0) is 11.3 Å². The highest BCUT2D eigenvalue weighted by molar-refractivity contribution is 7.99. The minimum absolute atomic E-state index is 0.156. The number of benzene rings is 1. The van der Waals surface area contributed by atoms with Crippen LogP contribution in [0.25, 0.3) is 0 Å². The van der Waals surface area contributed by atoms with Gasteiger partial charge in [-0.15, -0.1) is 0 Å². The molecule has 132 valence electrons. The number of thioether (sulfide) groups is 1. The van der Waals surface area contributed by atoms with Gasteiger partial charge >= 0.3 is 0 Å². The predicted octanol–water partition coefficient (Wildman–Crippen LogP) is 2.41. The summed E-state index contributed by atoms with van der Waals surface area (Å²) in [6, 6.07) is 11.1. The summed E-state index contributed by atoms with van der Waals surface area (Å²) in [7, 11) is 0. The second-order valence-electron chi connectivity index (χ2n) is 7.14. The van der Waals surface area contributed by atoms with Crippen LogP contribution in [0.15, 0.2) is 30.3 Å². The van der Waals surface area contributed by atoms with Crippen molar-refractivity contribution in [1.82, 2.24) is 10.2 Å². The summed E-state index contributed by atoms with van der Waals surface area (Å²) in [6.45, 7) is 4.17. The Kier molecular flexibility index (Phi) is 5.85. The van der Waals surface area contributed by atoms with E-state index in [9.17, 15) is 9.90 Å². The van der Waals surface area contributed by atoms with E-state index in [-0.39, 0.29) is 11.9 Å². The molecule has 0 radical (unpaired) electrons. The van der Waals surface area contributed by atoms with Crippen LogP contribution < -0.4 is 5.32 Å². The molecule has 0 bridgehead atoms. The Hall–Kier alpha value is -1.04. The SMILES string of the molecule is CC1CC(NC(=O)C2(O)CCSCC2)CCN1Cc1ccccc1. The Labute approximate surface area is 149 Å². The van der Waals surface area contributed by atoms with Crippen molar-refractivity contribution in [1.29, 1.82) is 0 Å². The third-order valence-electron chi connectivity index (χ3n) is 5.32. The number of piperidine rings is 1. The van der Waals surface area contributed by atoms with E-state index in [4.69, 9.17) is 0 Å². The molecule has 1 amide bonds. The monoisotopic (exact) mass is 348 g/mol. The predicted molar refractivity (Wildman–Crippen MR) is 99.0 cm³/mol. The first-order valence-corrected chi connectivity index (χ1v) is 10.1. The molecule has 24 heavy (non-hydrogen) atoms. The van der Waals surface area contributed by atoms with Crippen molar-refractivity contribution in [3.05, 3.63) is 35.9 Å². The van der Waals surface area contributed by atoms with E-state index >= 15 is 0 Å². The van der Waals surface area contributed by atoms with Gasteiger partial charge in [-0.25, -0.2) is 0 Å². The molecule has 0 saturated carbocycles. The number of rotatable bonds is 4. The van der Waals surface area contributed by atoms with Crippen LogP contribution in [-0.4, -0.2) is 51.6 Å². The van der Waals surface area contributed by atoms with Crippen LogP contribution in [0.1, 0.15) is 38.2 Å². The molecule has 2 N–H and O–H groups in total. The molecule has 2 atom stereocenters. The molecule has 2 aliphatic heterocycles. The van der Waals surface area contributed by atoms with Gasteiger partial charge in [0.2, 0.25) is 0 Å². The number of likely N-dealkylation sites (tertiary alicyclic amines) is 1. The normalized spacial score (nSPS) is 27.6. The average Bonchev–Trinajstić information content (AvgIpc) is 2.59. The lowest BCUT2D eigenvalue weighted by Gasteiger charge is -2.39. The number of amides is 1. The molecule has 1 aromatic rings. The topological polar surface area (TPSA) is 52.6 Å². The maximum Gasteiger partial charge on any atom is 0.252 e. The van der Waals surface area contributed by atoms with Gasteiger partial charge in [-0.2, -0.15) is 11.8 Å². The number of hydrogen-bond donors (Lipinski definition) is 2. The molecule has 2 fully saturated rings. The number of nitrogens with one attached hydrogen (secondary N) is 1. The summed E-state index contributed by atoms with van der Waals surface area (Å²) < 4.78 is 0. The molecule has 0 aromatic heterocycles. The third-order valence-corrected chi connectivity index (χ3v) is 6.31. The zero-order chi connectivity index (χ0) is 17.0. The molecule has 5 heteroatoms. The zero-order valence-corrected chi connectivity index (χ0v) is 15.2. The summed E-state index contributed by atoms with van der Waals surface area (Å²) in [5.41, 5.74) is 0.191. The minimum atomic E-state index is -1.14. The summed E-state index contributed by atoms with van der Waals surface area (Å²) in [4.78, 5) is 15.0. The van der Waals surface area contributed by atoms with Gasteiger partial charge in [0.15, 0.2) is 0 Å². The van der Waals surface area contributed by atoms with Crippen molar-refractivity contribution in [3.8, 4) is 0 Å². The highest BCUT2D eigenvalue weighted by Crippen LogP contribution is 2.28. The van der Waals surface area contributed by atoms with Crippen molar-refractivity contribution in [2.75, 3.05) is 18.1 Å². The summed E-state index contributed by atoms with van der Waals surface area (Å²) >= 11 is 1.82. The molecule has 0 aliphatic carbocycles.